The largest absolute Gasteiger partial charge is 0.383 e. The topological polar surface area (TPSA) is 62.4 Å². The lowest BCUT2D eigenvalue weighted by atomic mass is 10.0. The third-order valence-electron chi connectivity index (χ3n) is 4.86. The van der Waals surface area contributed by atoms with Crippen LogP contribution in [0.25, 0.3) is 5.57 Å². The van der Waals surface area contributed by atoms with Crippen LogP contribution in [0.3, 0.4) is 0 Å². The van der Waals surface area contributed by atoms with Gasteiger partial charge in [0.2, 0.25) is 0 Å². The Kier molecular flexibility index (Phi) is 5.81. The summed E-state index contributed by atoms with van der Waals surface area (Å²) in [6.07, 6.45) is 2.78. The van der Waals surface area contributed by atoms with E-state index in [4.69, 9.17) is 4.74 Å². The van der Waals surface area contributed by atoms with Gasteiger partial charge in [-0.1, -0.05) is 19.1 Å². The van der Waals surface area contributed by atoms with Gasteiger partial charge in [-0.05, 0) is 55.7 Å². The number of amides is 1. The molecule has 0 aromatic heterocycles. The summed E-state index contributed by atoms with van der Waals surface area (Å²) < 4.78 is 5.25. The van der Waals surface area contributed by atoms with Crippen LogP contribution in [0.2, 0.25) is 0 Å². The van der Waals surface area contributed by atoms with Gasteiger partial charge in [-0.3, -0.25) is 4.79 Å². The van der Waals surface area contributed by atoms with E-state index in [1.807, 2.05) is 31.2 Å². The van der Waals surface area contributed by atoms with Crippen molar-refractivity contribution < 1.29 is 9.53 Å². The highest BCUT2D eigenvalue weighted by Crippen LogP contribution is 2.34. The van der Waals surface area contributed by atoms with Crippen LogP contribution in [0, 0.1) is 13.8 Å². The third-order valence-corrected chi connectivity index (χ3v) is 4.86. The summed E-state index contributed by atoms with van der Waals surface area (Å²) in [7, 11) is 1.72. The molecule has 0 bridgehead atoms. The number of fused-ring (bicyclic) bond motifs is 1. The number of hydrogen-bond donors (Lipinski definition) is 3. The third kappa shape index (κ3) is 4.14. The molecule has 3 rings (SSSR count). The Balaban J connectivity index is 1.77. The Morgan fingerprint density at radius 3 is 2.70 bits per heavy atom. The normalized spacial score (nSPS) is 15.4. The maximum atomic E-state index is 12.3. The molecular formula is C22H27N3O2. The van der Waals surface area contributed by atoms with Crippen molar-refractivity contribution >= 4 is 28.5 Å². The van der Waals surface area contributed by atoms with Gasteiger partial charge in [0.15, 0.2) is 0 Å². The van der Waals surface area contributed by atoms with Crippen LogP contribution in [0.15, 0.2) is 42.6 Å². The minimum atomic E-state index is -0.0767. The van der Waals surface area contributed by atoms with Crippen LogP contribution in [0.1, 0.15) is 30.0 Å². The molecular weight excluding hydrogens is 338 g/mol. The number of carbonyl (C=O) groups is 1. The molecule has 0 radical (unpaired) electrons. The van der Waals surface area contributed by atoms with Gasteiger partial charge in [0.1, 0.15) is 0 Å². The molecule has 2 aromatic carbocycles. The molecule has 0 fully saturated rings. The van der Waals surface area contributed by atoms with Crippen LogP contribution in [-0.4, -0.2) is 25.7 Å². The number of carbonyl (C=O) groups excluding carboxylic acids is 1. The average molecular weight is 365 g/mol. The van der Waals surface area contributed by atoms with Crippen LogP contribution < -0.4 is 16.0 Å². The quantitative estimate of drug-likeness (QED) is 0.630. The van der Waals surface area contributed by atoms with Crippen LogP contribution in [0.5, 0.6) is 0 Å². The molecule has 142 valence electrons. The first-order valence-corrected chi connectivity index (χ1v) is 9.27. The molecule has 0 saturated carbocycles. The fourth-order valence-electron chi connectivity index (χ4n) is 3.32. The summed E-state index contributed by atoms with van der Waals surface area (Å²) in [5.74, 6) is -0.0767. The van der Waals surface area contributed by atoms with E-state index in [0.717, 1.165) is 40.2 Å². The fraction of sp³-hybridized carbons (Fsp3) is 0.318. The number of rotatable bonds is 7. The Hall–Kier alpha value is -2.79. The van der Waals surface area contributed by atoms with Gasteiger partial charge >= 0.3 is 0 Å². The van der Waals surface area contributed by atoms with Gasteiger partial charge in [0.25, 0.3) is 5.91 Å². The molecule has 3 N–H and O–H groups in total. The molecule has 27 heavy (non-hydrogen) atoms. The van der Waals surface area contributed by atoms with Crippen molar-refractivity contribution in [3.8, 4) is 0 Å². The summed E-state index contributed by atoms with van der Waals surface area (Å²) in [5, 5.41) is 9.70. The van der Waals surface area contributed by atoms with Gasteiger partial charge in [0, 0.05) is 42.0 Å². The molecule has 1 aliphatic heterocycles. The first-order chi connectivity index (χ1) is 13.0. The molecule has 1 amide bonds. The Bertz CT molecular complexity index is 874. The van der Waals surface area contributed by atoms with Crippen molar-refractivity contribution in [3.05, 3.63) is 59.3 Å². The molecule has 1 heterocycles. The zero-order valence-electron chi connectivity index (χ0n) is 16.3. The van der Waals surface area contributed by atoms with Gasteiger partial charge in [-0.15, -0.1) is 0 Å². The van der Waals surface area contributed by atoms with Crippen molar-refractivity contribution in [3.63, 3.8) is 0 Å². The first kappa shape index (κ1) is 19.0. The Morgan fingerprint density at radius 2 is 2.00 bits per heavy atom. The molecule has 1 unspecified atom stereocenters. The number of methoxy groups -OCH3 is 1. The molecule has 0 spiro atoms. The van der Waals surface area contributed by atoms with Crippen LogP contribution >= 0.6 is 0 Å². The maximum absolute atomic E-state index is 12.3. The summed E-state index contributed by atoms with van der Waals surface area (Å²) in [6, 6.07) is 12.3. The number of anilines is 3. The van der Waals surface area contributed by atoms with Crippen LogP contribution in [0.4, 0.5) is 17.1 Å². The lowest BCUT2D eigenvalue weighted by molar-refractivity contribution is -0.110. The standard InChI is InChI=1S/C22H27N3O2/c1-5-16(13-27-4)24-19-10-9-17(11-15(19)3)23-12-18-21-14(2)7-6-8-20(21)25-22(18)26/h6-12,16,23-24H,5,13H2,1-4H3,(H,25,26)/b18-12-. The van der Waals surface area contributed by atoms with Crippen molar-refractivity contribution in [1.82, 2.24) is 0 Å². The second-order valence-electron chi connectivity index (χ2n) is 6.89. The van der Waals surface area contributed by atoms with E-state index in [9.17, 15) is 4.79 Å². The van der Waals surface area contributed by atoms with Crippen molar-refractivity contribution in [2.45, 2.75) is 33.2 Å². The summed E-state index contributed by atoms with van der Waals surface area (Å²) >= 11 is 0. The molecule has 2 aromatic rings. The van der Waals surface area contributed by atoms with Crippen molar-refractivity contribution in [2.24, 2.45) is 0 Å². The van der Waals surface area contributed by atoms with Gasteiger partial charge in [-0.25, -0.2) is 0 Å². The molecule has 5 heteroatoms. The van der Waals surface area contributed by atoms with Crippen LogP contribution in [-0.2, 0) is 9.53 Å². The van der Waals surface area contributed by atoms with E-state index in [-0.39, 0.29) is 11.9 Å². The first-order valence-electron chi connectivity index (χ1n) is 9.27. The van der Waals surface area contributed by atoms with E-state index in [1.165, 1.54) is 0 Å². The zero-order valence-corrected chi connectivity index (χ0v) is 16.3. The molecule has 1 aliphatic rings. The van der Waals surface area contributed by atoms with E-state index in [0.29, 0.717) is 12.2 Å². The van der Waals surface area contributed by atoms with Crippen molar-refractivity contribution in [1.29, 1.82) is 0 Å². The van der Waals surface area contributed by atoms with E-state index < -0.39 is 0 Å². The molecule has 1 atom stereocenters. The second kappa shape index (κ2) is 8.27. The number of nitrogens with one attached hydrogen (secondary N) is 3. The van der Waals surface area contributed by atoms with Crippen molar-refractivity contribution in [2.75, 3.05) is 29.7 Å². The van der Waals surface area contributed by atoms with Gasteiger partial charge < -0.3 is 20.7 Å². The molecule has 5 nitrogen and oxygen atoms in total. The monoisotopic (exact) mass is 365 g/mol. The van der Waals surface area contributed by atoms with E-state index in [2.05, 4.69) is 41.9 Å². The number of ether oxygens (including phenoxy) is 1. The average Bonchev–Trinajstić information content (AvgIpc) is 2.97. The van der Waals surface area contributed by atoms with E-state index in [1.54, 1.807) is 13.3 Å². The fourth-order valence-corrected chi connectivity index (χ4v) is 3.32. The lowest BCUT2D eigenvalue weighted by Gasteiger charge is -2.19. The maximum Gasteiger partial charge on any atom is 0.257 e. The zero-order chi connectivity index (χ0) is 19.4. The second-order valence-corrected chi connectivity index (χ2v) is 6.89. The SMILES string of the molecule is CCC(COC)Nc1ccc(N/C=C2\C(=O)Nc3cccc(C)c32)cc1C. The highest BCUT2D eigenvalue weighted by molar-refractivity contribution is 6.32. The predicted octanol–water partition coefficient (Wildman–Crippen LogP) is 4.55. The molecule has 0 aliphatic carbocycles. The minimum Gasteiger partial charge on any atom is -0.383 e. The number of hydrogen-bond acceptors (Lipinski definition) is 4. The van der Waals surface area contributed by atoms with E-state index >= 15 is 0 Å². The van der Waals surface area contributed by atoms with Gasteiger partial charge in [-0.2, -0.15) is 0 Å². The summed E-state index contributed by atoms with van der Waals surface area (Å²) in [5.41, 5.74) is 6.76. The number of benzene rings is 2. The van der Waals surface area contributed by atoms with Gasteiger partial charge in [0.05, 0.1) is 12.2 Å². The summed E-state index contributed by atoms with van der Waals surface area (Å²) in [4.78, 5) is 12.3. The highest BCUT2D eigenvalue weighted by atomic mass is 16.5. The minimum absolute atomic E-state index is 0.0767. The number of aryl methyl sites for hydroxylation is 2. The predicted molar refractivity (Wildman–Crippen MR) is 112 cm³/mol. The Labute approximate surface area is 160 Å². The smallest absolute Gasteiger partial charge is 0.257 e. The highest BCUT2D eigenvalue weighted by Gasteiger charge is 2.25. The summed E-state index contributed by atoms with van der Waals surface area (Å²) in [6.45, 7) is 6.90. The molecule has 0 saturated heterocycles. The lowest BCUT2D eigenvalue weighted by Crippen LogP contribution is -2.24. The Morgan fingerprint density at radius 1 is 1.19 bits per heavy atom.